The standard InChI is InChI=1S/C22H23N3O4S/c1-15-18(24-20(29-15)19-10-6-12-30-19)14-28-21(26)16-7-5-11-25(13-16)22(27)23-17-8-3-2-4-9-17/h2-4,6,8-10,12,16H,5,7,11,13-14H2,1H3,(H,23,27)/t16-/m1/s1. The first-order chi connectivity index (χ1) is 14.6. The Morgan fingerprint density at radius 1 is 1.27 bits per heavy atom. The molecule has 1 aliphatic rings. The van der Waals surface area contributed by atoms with Crippen LogP contribution >= 0.6 is 11.3 Å². The highest BCUT2D eigenvalue weighted by Crippen LogP contribution is 2.26. The van der Waals surface area contributed by atoms with Gasteiger partial charge in [-0.3, -0.25) is 4.79 Å². The lowest BCUT2D eigenvalue weighted by Gasteiger charge is -2.31. The molecule has 2 amide bonds. The number of para-hydroxylation sites is 1. The monoisotopic (exact) mass is 425 g/mol. The number of ether oxygens (including phenoxy) is 1. The molecule has 8 heteroatoms. The molecule has 1 aliphatic heterocycles. The van der Waals surface area contributed by atoms with Crippen LogP contribution in [0.1, 0.15) is 24.3 Å². The fourth-order valence-electron chi connectivity index (χ4n) is 3.40. The number of amides is 2. The van der Waals surface area contributed by atoms with Crippen LogP contribution in [0.2, 0.25) is 0 Å². The quantitative estimate of drug-likeness (QED) is 0.599. The van der Waals surface area contributed by atoms with Crippen LogP contribution in [0.4, 0.5) is 10.5 Å². The number of likely N-dealkylation sites (tertiary alicyclic amines) is 1. The van der Waals surface area contributed by atoms with Gasteiger partial charge in [0.05, 0.1) is 10.8 Å². The number of carbonyl (C=O) groups excluding carboxylic acids is 2. The molecule has 0 aliphatic carbocycles. The molecule has 4 rings (SSSR count). The van der Waals surface area contributed by atoms with E-state index in [9.17, 15) is 9.59 Å². The van der Waals surface area contributed by atoms with Gasteiger partial charge in [-0.1, -0.05) is 24.3 Å². The molecule has 1 aromatic carbocycles. The van der Waals surface area contributed by atoms with Crippen LogP contribution in [-0.4, -0.2) is 35.0 Å². The van der Waals surface area contributed by atoms with Crippen molar-refractivity contribution in [2.24, 2.45) is 5.92 Å². The van der Waals surface area contributed by atoms with Gasteiger partial charge in [0.15, 0.2) is 0 Å². The van der Waals surface area contributed by atoms with Gasteiger partial charge in [-0.2, -0.15) is 0 Å². The van der Waals surface area contributed by atoms with Gasteiger partial charge in [0.25, 0.3) is 0 Å². The van der Waals surface area contributed by atoms with Gasteiger partial charge in [-0.15, -0.1) is 11.3 Å². The van der Waals surface area contributed by atoms with Crippen molar-refractivity contribution in [2.75, 3.05) is 18.4 Å². The van der Waals surface area contributed by atoms with E-state index in [1.807, 2.05) is 54.8 Å². The third-order valence-electron chi connectivity index (χ3n) is 5.04. The van der Waals surface area contributed by atoms with E-state index in [2.05, 4.69) is 10.3 Å². The van der Waals surface area contributed by atoms with Crippen LogP contribution < -0.4 is 5.32 Å². The van der Waals surface area contributed by atoms with E-state index in [0.717, 1.165) is 17.0 Å². The Hall–Kier alpha value is -3.13. The van der Waals surface area contributed by atoms with Crippen molar-refractivity contribution >= 4 is 29.0 Å². The van der Waals surface area contributed by atoms with Crippen LogP contribution in [0.25, 0.3) is 10.8 Å². The molecule has 0 saturated carbocycles. The highest BCUT2D eigenvalue weighted by Gasteiger charge is 2.30. The van der Waals surface area contributed by atoms with Crippen LogP contribution in [0, 0.1) is 12.8 Å². The summed E-state index contributed by atoms with van der Waals surface area (Å²) < 4.78 is 11.2. The molecule has 156 valence electrons. The minimum atomic E-state index is -0.343. The molecule has 1 fully saturated rings. The summed E-state index contributed by atoms with van der Waals surface area (Å²) >= 11 is 1.54. The van der Waals surface area contributed by atoms with Crippen molar-refractivity contribution in [3.63, 3.8) is 0 Å². The summed E-state index contributed by atoms with van der Waals surface area (Å²) in [6.07, 6.45) is 1.46. The number of anilines is 1. The molecule has 0 radical (unpaired) electrons. The zero-order valence-corrected chi connectivity index (χ0v) is 17.5. The van der Waals surface area contributed by atoms with Crippen LogP contribution in [0.15, 0.2) is 52.3 Å². The maximum atomic E-state index is 12.6. The molecule has 2 aromatic heterocycles. The van der Waals surface area contributed by atoms with Gasteiger partial charge in [-0.05, 0) is 43.3 Å². The number of oxazole rings is 1. The topological polar surface area (TPSA) is 84.7 Å². The van der Waals surface area contributed by atoms with Crippen molar-refractivity contribution in [2.45, 2.75) is 26.4 Å². The van der Waals surface area contributed by atoms with E-state index < -0.39 is 0 Å². The number of thiophene rings is 1. The summed E-state index contributed by atoms with van der Waals surface area (Å²) in [5.41, 5.74) is 1.34. The zero-order chi connectivity index (χ0) is 20.9. The highest BCUT2D eigenvalue weighted by molar-refractivity contribution is 7.13. The number of hydrogen-bond donors (Lipinski definition) is 1. The second-order valence-corrected chi connectivity index (χ2v) is 8.14. The first-order valence-electron chi connectivity index (χ1n) is 9.88. The Labute approximate surface area is 178 Å². The lowest BCUT2D eigenvalue weighted by atomic mass is 9.98. The number of rotatable bonds is 5. The third-order valence-corrected chi connectivity index (χ3v) is 5.90. The Morgan fingerprint density at radius 2 is 2.10 bits per heavy atom. The fraction of sp³-hybridized carbons (Fsp3) is 0.318. The maximum Gasteiger partial charge on any atom is 0.321 e. The minimum Gasteiger partial charge on any atom is -0.459 e. The number of esters is 1. The average molecular weight is 426 g/mol. The zero-order valence-electron chi connectivity index (χ0n) is 16.7. The first-order valence-corrected chi connectivity index (χ1v) is 10.8. The smallest absolute Gasteiger partial charge is 0.321 e. The molecule has 1 saturated heterocycles. The molecule has 0 spiro atoms. The first kappa shape index (κ1) is 20.2. The highest BCUT2D eigenvalue weighted by atomic mass is 32.1. The molecular formula is C22H23N3O4S. The molecule has 0 bridgehead atoms. The Balaban J connectivity index is 1.32. The van der Waals surface area contributed by atoms with E-state index in [0.29, 0.717) is 36.9 Å². The van der Waals surface area contributed by atoms with Gasteiger partial charge in [-0.25, -0.2) is 9.78 Å². The molecule has 7 nitrogen and oxygen atoms in total. The largest absolute Gasteiger partial charge is 0.459 e. The number of benzene rings is 1. The van der Waals surface area contributed by atoms with E-state index in [4.69, 9.17) is 9.15 Å². The second-order valence-electron chi connectivity index (χ2n) is 7.19. The van der Waals surface area contributed by atoms with E-state index in [1.165, 1.54) is 0 Å². The fourth-order valence-corrected chi connectivity index (χ4v) is 4.05. The summed E-state index contributed by atoms with van der Waals surface area (Å²) in [6.45, 7) is 2.83. The molecule has 3 aromatic rings. The number of piperidine rings is 1. The summed E-state index contributed by atoms with van der Waals surface area (Å²) in [5.74, 6) is 0.519. The van der Waals surface area contributed by atoms with Crippen molar-refractivity contribution < 1.29 is 18.7 Å². The number of aromatic nitrogens is 1. The molecular weight excluding hydrogens is 402 g/mol. The van der Waals surface area contributed by atoms with Crippen LogP contribution in [-0.2, 0) is 16.1 Å². The van der Waals surface area contributed by atoms with Crippen LogP contribution in [0.3, 0.4) is 0 Å². The summed E-state index contributed by atoms with van der Waals surface area (Å²) in [4.78, 5) is 32.2. The number of hydrogen-bond acceptors (Lipinski definition) is 6. The normalized spacial score (nSPS) is 16.3. The molecule has 30 heavy (non-hydrogen) atoms. The average Bonchev–Trinajstić information content (AvgIpc) is 3.43. The Morgan fingerprint density at radius 3 is 2.87 bits per heavy atom. The van der Waals surface area contributed by atoms with Gasteiger partial charge >= 0.3 is 12.0 Å². The Kier molecular flexibility index (Phi) is 6.13. The van der Waals surface area contributed by atoms with Crippen molar-refractivity contribution in [1.29, 1.82) is 0 Å². The SMILES string of the molecule is Cc1oc(-c2cccs2)nc1COC(=O)[C@@H]1CCCN(C(=O)Nc2ccccc2)C1. The second kappa shape index (κ2) is 9.13. The van der Waals surface area contributed by atoms with Crippen LogP contribution in [0.5, 0.6) is 0 Å². The van der Waals surface area contributed by atoms with E-state index in [1.54, 1.807) is 16.2 Å². The molecule has 1 N–H and O–H groups in total. The lowest BCUT2D eigenvalue weighted by Crippen LogP contribution is -2.44. The number of carbonyl (C=O) groups is 2. The number of aryl methyl sites for hydroxylation is 1. The maximum absolute atomic E-state index is 12.6. The third kappa shape index (κ3) is 4.71. The predicted octanol–water partition coefficient (Wildman–Crippen LogP) is 4.70. The predicted molar refractivity (Wildman–Crippen MR) is 114 cm³/mol. The number of nitrogens with zero attached hydrogens (tertiary/aromatic N) is 2. The summed E-state index contributed by atoms with van der Waals surface area (Å²) in [7, 11) is 0. The van der Waals surface area contributed by atoms with E-state index in [-0.39, 0.29) is 24.5 Å². The minimum absolute atomic E-state index is 0.0618. The van der Waals surface area contributed by atoms with Gasteiger partial charge in [0.1, 0.15) is 18.1 Å². The van der Waals surface area contributed by atoms with Crippen molar-refractivity contribution in [3.05, 3.63) is 59.3 Å². The Bertz CT molecular complexity index is 1000. The van der Waals surface area contributed by atoms with Gasteiger partial charge in [0.2, 0.25) is 5.89 Å². The van der Waals surface area contributed by atoms with Gasteiger partial charge < -0.3 is 19.4 Å². The van der Waals surface area contributed by atoms with Gasteiger partial charge in [0, 0.05) is 18.8 Å². The molecule has 3 heterocycles. The number of urea groups is 1. The van der Waals surface area contributed by atoms with E-state index >= 15 is 0 Å². The van der Waals surface area contributed by atoms with Crippen molar-refractivity contribution in [3.8, 4) is 10.8 Å². The molecule has 0 unspecified atom stereocenters. The summed E-state index contributed by atoms with van der Waals surface area (Å²) in [5, 5.41) is 4.82. The van der Waals surface area contributed by atoms with Crippen molar-refractivity contribution in [1.82, 2.24) is 9.88 Å². The molecule has 1 atom stereocenters. The number of nitrogens with one attached hydrogen (secondary N) is 1. The lowest BCUT2D eigenvalue weighted by molar-refractivity contribution is -0.151. The summed E-state index contributed by atoms with van der Waals surface area (Å²) in [6, 6.07) is 12.9.